The van der Waals surface area contributed by atoms with Crippen molar-refractivity contribution in [3.63, 3.8) is 0 Å². The molecular weight excluding hydrogens is 418 g/mol. The summed E-state index contributed by atoms with van der Waals surface area (Å²) in [4.78, 5) is 24.5. The summed E-state index contributed by atoms with van der Waals surface area (Å²) in [7, 11) is -3.80. The summed E-state index contributed by atoms with van der Waals surface area (Å²) in [6, 6.07) is 22.4. The Balaban J connectivity index is 1.39. The van der Waals surface area contributed by atoms with E-state index in [1.807, 2.05) is 12.1 Å². The van der Waals surface area contributed by atoms with E-state index in [-0.39, 0.29) is 16.2 Å². The normalized spacial score (nSPS) is 11.2. The van der Waals surface area contributed by atoms with Gasteiger partial charge >= 0.3 is 5.97 Å². The van der Waals surface area contributed by atoms with E-state index in [9.17, 15) is 18.0 Å². The van der Waals surface area contributed by atoms with Crippen molar-refractivity contribution in [3.05, 3.63) is 96.3 Å². The topological polar surface area (TPSA) is 103 Å². The SMILES string of the molecule is O=C(OCC(=O)c1cc2ccccc2o1)c1ccc(S(=O)(=O)Nc2ccccc2)cc1. The molecule has 0 amide bonds. The van der Waals surface area contributed by atoms with Gasteiger partial charge in [0.15, 0.2) is 12.4 Å². The molecule has 0 saturated carbocycles. The largest absolute Gasteiger partial charge is 0.454 e. The molecule has 1 N–H and O–H groups in total. The number of Topliss-reactive ketones (excluding diaryl/α,β-unsaturated/α-hetero) is 1. The zero-order valence-electron chi connectivity index (χ0n) is 16.1. The van der Waals surface area contributed by atoms with Crippen LogP contribution in [0.1, 0.15) is 20.9 Å². The minimum Gasteiger partial charge on any atom is -0.454 e. The molecule has 0 bridgehead atoms. The molecule has 0 aliphatic rings. The second-order valence-electron chi connectivity index (χ2n) is 6.64. The van der Waals surface area contributed by atoms with Crippen LogP contribution >= 0.6 is 0 Å². The van der Waals surface area contributed by atoms with Gasteiger partial charge in [-0.25, -0.2) is 13.2 Å². The minimum atomic E-state index is -3.80. The number of nitrogens with one attached hydrogen (secondary N) is 1. The third kappa shape index (κ3) is 4.65. The first-order valence-electron chi connectivity index (χ1n) is 9.29. The van der Waals surface area contributed by atoms with Crippen molar-refractivity contribution < 1.29 is 27.2 Å². The molecule has 0 unspecified atom stereocenters. The van der Waals surface area contributed by atoms with Gasteiger partial charge < -0.3 is 9.15 Å². The van der Waals surface area contributed by atoms with Crippen molar-refractivity contribution in [2.24, 2.45) is 0 Å². The fraction of sp³-hybridized carbons (Fsp3) is 0.0435. The zero-order chi connectivity index (χ0) is 21.8. The highest BCUT2D eigenvalue weighted by Crippen LogP contribution is 2.20. The Hall–Kier alpha value is -3.91. The van der Waals surface area contributed by atoms with Gasteiger partial charge in [0.1, 0.15) is 5.58 Å². The van der Waals surface area contributed by atoms with E-state index >= 15 is 0 Å². The summed E-state index contributed by atoms with van der Waals surface area (Å²) in [5, 5.41) is 0.776. The summed E-state index contributed by atoms with van der Waals surface area (Å²) in [6.07, 6.45) is 0. The summed E-state index contributed by atoms with van der Waals surface area (Å²) >= 11 is 0. The fourth-order valence-corrected chi connectivity index (χ4v) is 3.95. The second-order valence-corrected chi connectivity index (χ2v) is 8.33. The zero-order valence-corrected chi connectivity index (χ0v) is 17.0. The summed E-state index contributed by atoms with van der Waals surface area (Å²) < 4.78 is 37.8. The van der Waals surface area contributed by atoms with Crippen molar-refractivity contribution in [2.45, 2.75) is 4.90 Å². The minimum absolute atomic E-state index is 0.00810. The Kier molecular flexibility index (Phi) is 5.55. The summed E-state index contributed by atoms with van der Waals surface area (Å²) in [5.41, 5.74) is 1.12. The molecule has 0 radical (unpaired) electrons. The van der Waals surface area contributed by atoms with Crippen LogP contribution in [0.2, 0.25) is 0 Å². The molecule has 0 aliphatic heterocycles. The van der Waals surface area contributed by atoms with E-state index < -0.39 is 28.4 Å². The van der Waals surface area contributed by atoms with Crippen LogP contribution in [-0.4, -0.2) is 26.8 Å². The first-order valence-corrected chi connectivity index (χ1v) is 10.8. The van der Waals surface area contributed by atoms with Crippen molar-refractivity contribution in [1.29, 1.82) is 0 Å². The fourth-order valence-electron chi connectivity index (χ4n) is 2.90. The van der Waals surface area contributed by atoms with Crippen molar-refractivity contribution in [2.75, 3.05) is 11.3 Å². The number of anilines is 1. The number of fused-ring (bicyclic) bond motifs is 1. The molecule has 7 nitrogen and oxygen atoms in total. The molecule has 3 aromatic carbocycles. The second kappa shape index (κ2) is 8.45. The number of benzene rings is 3. The molecule has 0 saturated heterocycles. The van der Waals surface area contributed by atoms with Gasteiger partial charge in [0, 0.05) is 11.1 Å². The number of hydrogen-bond acceptors (Lipinski definition) is 6. The molecule has 0 spiro atoms. The molecule has 1 heterocycles. The van der Waals surface area contributed by atoms with Crippen LogP contribution in [0.5, 0.6) is 0 Å². The predicted octanol–water partition coefficient (Wildman–Crippen LogP) is 4.27. The third-order valence-electron chi connectivity index (χ3n) is 4.46. The predicted molar refractivity (Wildman–Crippen MR) is 115 cm³/mol. The van der Waals surface area contributed by atoms with Gasteiger partial charge in [0.2, 0.25) is 5.78 Å². The number of furan rings is 1. The van der Waals surface area contributed by atoms with Gasteiger partial charge in [-0.3, -0.25) is 9.52 Å². The average Bonchev–Trinajstić information content (AvgIpc) is 3.22. The van der Waals surface area contributed by atoms with Crippen LogP contribution in [-0.2, 0) is 14.8 Å². The molecule has 4 aromatic rings. The van der Waals surface area contributed by atoms with E-state index in [2.05, 4.69) is 4.72 Å². The summed E-state index contributed by atoms with van der Waals surface area (Å²) in [6.45, 7) is -0.492. The van der Waals surface area contributed by atoms with Crippen molar-refractivity contribution in [1.82, 2.24) is 0 Å². The first-order chi connectivity index (χ1) is 14.9. The lowest BCUT2D eigenvalue weighted by atomic mass is 10.2. The van der Waals surface area contributed by atoms with Crippen LogP contribution in [0.15, 0.2) is 94.2 Å². The Bertz CT molecular complexity index is 1310. The number of carbonyl (C=O) groups is 2. The van der Waals surface area contributed by atoms with Crippen LogP contribution < -0.4 is 4.72 Å². The molecular formula is C23H17NO6S. The van der Waals surface area contributed by atoms with Crippen LogP contribution in [0.4, 0.5) is 5.69 Å². The average molecular weight is 435 g/mol. The van der Waals surface area contributed by atoms with Gasteiger partial charge in [-0.2, -0.15) is 0 Å². The third-order valence-corrected chi connectivity index (χ3v) is 5.86. The molecule has 0 aliphatic carbocycles. The van der Waals surface area contributed by atoms with Gasteiger partial charge in [-0.05, 0) is 48.5 Å². The molecule has 31 heavy (non-hydrogen) atoms. The molecule has 0 atom stereocenters. The maximum Gasteiger partial charge on any atom is 0.338 e. The lowest BCUT2D eigenvalue weighted by Crippen LogP contribution is -2.15. The standard InChI is InChI=1S/C23H17NO6S/c25-20(22-14-17-6-4-5-9-21(17)30-22)15-29-23(26)16-10-12-19(13-11-16)31(27,28)24-18-7-2-1-3-8-18/h1-14,24H,15H2. The van der Waals surface area contributed by atoms with E-state index in [1.54, 1.807) is 48.5 Å². The Morgan fingerprint density at radius 3 is 2.26 bits per heavy atom. The Labute approximate surface area is 178 Å². The number of hydrogen-bond donors (Lipinski definition) is 1. The lowest BCUT2D eigenvalue weighted by Gasteiger charge is -2.08. The highest BCUT2D eigenvalue weighted by atomic mass is 32.2. The maximum absolute atomic E-state index is 12.4. The van der Waals surface area contributed by atoms with E-state index in [0.29, 0.717) is 11.3 Å². The molecule has 8 heteroatoms. The maximum atomic E-state index is 12.4. The number of para-hydroxylation sites is 2. The number of sulfonamides is 1. The number of esters is 1. The van der Waals surface area contributed by atoms with Crippen LogP contribution in [0.25, 0.3) is 11.0 Å². The van der Waals surface area contributed by atoms with Crippen LogP contribution in [0, 0.1) is 0 Å². The lowest BCUT2D eigenvalue weighted by molar-refractivity contribution is 0.0468. The van der Waals surface area contributed by atoms with Crippen molar-refractivity contribution >= 4 is 38.4 Å². The number of ether oxygens (including phenoxy) is 1. The smallest absolute Gasteiger partial charge is 0.338 e. The van der Waals surface area contributed by atoms with Gasteiger partial charge in [-0.15, -0.1) is 0 Å². The number of ketones is 1. The highest BCUT2D eigenvalue weighted by molar-refractivity contribution is 7.92. The van der Waals surface area contributed by atoms with E-state index in [4.69, 9.17) is 9.15 Å². The molecule has 4 rings (SSSR count). The van der Waals surface area contributed by atoms with Crippen molar-refractivity contribution in [3.8, 4) is 0 Å². The van der Waals surface area contributed by atoms with Crippen LogP contribution in [0.3, 0.4) is 0 Å². The highest BCUT2D eigenvalue weighted by Gasteiger charge is 2.18. The van der Waals surface area contributed by atoms with E-state index in [0.717, 1.165) is 5.39 Å². The monoisotopic (exact) mass is 435 g/mol. The Morgan fingerprint density at radius 2 is 1.55 bits per heavy atom. The molecule has 156 valence electrons. The first kappa shape index (κ1) is 20.4. The quantitative estimate of drug-likeness (QED) is 0.343. The van der Waals surface area contributed by atoms with Gasteiger partial charge in [0.25, 0.3) is 10.0 Å². The van der Waals surface area contributed by atoms with Gasteiger partial charge in [-0.1, -0.05) is 36.4 Å². The molecule has 0 fully saturated rings. The van der Waals surface area contributed by atoms with E-state index in [1.165, 1.54) is 24.3 Å². The molecule has 1 aromatic heterocycles. The number of carbonyl (C=O) groups excluding carboxylic acids is 2. The summed E-state index contributed by atoms with van der Waals surface area (Å²) in [5.74, 6) is -1.12. The Morgan fingerprint density at radius 1 is 0.871 bits per heavy atom. The number of rotatable bonds is 7. The van der Waals surface area contributed by atoms with Gasteiger partial charge in [0.05, 0.1) is 10.5 Å².